The highest BCUT2D eigenvalue weighted by Crippen LogP contribution is 2.70. The number of benzene rings is 1. The maximum absolute atomic E-state index is 9.88. The van der Waals surface area contributed by atoms with Crippen molar-refractivity contribution in [1.82, 2.24) is 0 Å². The van der Waals surface area contributed by atoms with Crippen LogP contribution in [0.2, 0.25) is 0 Å². The molecule has 2 heterocycles. The molecular formula is C18H26O5. The van der Waals surface area contributed by atoms with Crippen LogP contribution >= 0.6 is 0 Å². The summed E-state index contributed by atoms with van der Waals surface area (Å²) in [4.78, 5) is 11.5. The Kier molecular flexibility index (Phi) is 3.76. The molecule has 2 aliphatic rings. The first kappa shape index (κ1) is 16.7. The van der Waals surface area contributed by atoms with Crippen LogP contribution in [-0.2, 0) is 25.0 Å². The van der Waals surface area contributed by atoms with E-state index in [4.69, 9.17) is 19.2 Å². The fourth-order valence-electron chi connectivity index (χ4n) is 4.33. The fraction of sp³-hybridized carbons (Fsp3) is 0.667. The molecule has 23 heavy (non-hydrogen) atoms. The van der Waals surface area contributed by atoms with Gasteiger partial charge < -0.3 is 14.6 Å². The smallest absolute Gasteiger partial charge is 0.261 e. The zero-order valence-electron chi connectivity index (χ0n) is 14.5. The van der Waals surface area contributed by atoms with Crippen LogP contribution < -0.4 is 0 Å². The maximum atomic E-state index is 9.88. The number of rotatable bonds is 4. The van der Waals surface area contributed by atoms with Crippen LogP contribution in [-0.4, -0.2) is 31.0 Å². The van der Waals surface area contributed by atoms with E-state index in [0.29, 0.717) is 13.2 Å². The van der Waals surface area contributed by atoms with Crippen molar-refractivity contribution in [3.05, 3.63) is 29.8 Å². The molecule has 0 amide bonds. The van der Waals surface area contributed by atoms with Crippen molar-refractivity contribution in [2.24, 2.45) is 10.8 Å². The Balaban J connectivity index is 2.12. The summed E-state index contributed by atoms with van der Waals surface area (Å²) in [7, 11) is 1.70. The van der Waals surface area contributed by atoms with Gasteiger partial charge in [-0.1, -0.05) is 39.8 Å². The predicted molar refractivity (Wildman–Crippen MR) is 84.7 cm³/mol. The summed E-state index contributed by atoms with van der Waals surface area (Å²) in [5, 5.41) is 9.88. The number of hydrogen-bond acceptors (Lipinski definition) is 5. The largest absolute Gasteiger partial charge is 0.508 e. The number of ether oxygens (including phenoxy) is 2. The number of phenolic OH excluding ortho intramolecular Hbond substituents is 1. The molecule has 5 heteroatoms. The number of phenols is 1. The summed E-state index contributed by atoms with van der Waals surface area (Å²) in [6.07, 6.45) is 0.796. The summed E-state index contributed by atoms with van der Waals surface area (Å²) in [6.45, 7) is 9.68. The van der Waals surface area contributed by atoms with E-state index < -0.39 is 11.4 Å². The molecule has 1 N–H and O–H groups in total. The van der Waals surface area contributed by atoms with Crippen molar-refractivity contribution >= 4 is 0 Å². The van der Waals surface area contributed by atoms with Crippen molar-refractivity contribution in [1.29, 1.82) is 0 Å². The molecule has 2 saturated heterocycles. The Labute approximate surface area is 137 Å². The number of hydrogen-bond donors (Lipinski definition) is 1. The van der Waals surface area contributed by atoms with Crippen molar-refractivity contribution in [2.75, 3.05) is 20.3 Å². The van der Waals surface area contributed by atoms with E-state index in [-0.39, 0.29) is 16.6 Å². The van der Waals surface area contributed by atoms with Gasteiger partial charge in [-0.3, -0.25) is 0 Å². The van der Waals surface area contributed by atoms with E-state index in [9.17, 15) is 5.11 Å². The van der Waals surface area contributed by atoms with Crippen LogP contribution in [0, 0.1) is 10.8 Å². The van der Waals surface area contributed by atoms with Gasteiger partial charge >= 0.3 is 0 Å². The van der Waals surface area contributed by atoms with Gasteiger partial charge in [0.1, 0.15) is 5.75 Å². The lowest BCUT2D eigenvalue weighted by Gasteiger charge is -2.61. The van der Waals surface area contributed by atoms with E-state index in [0.717, 1.165) is 12.0 Å². The summed E-state index contributed by atoms with van der Waals surface area (Å²) in [6, 6.07) is 7.02. The van der Waals surface area contributed by atoms with E-state index in [1.807, 2.05) is 6.07 Å². The van der Waals surface area contributed by atoms with Crippen LogP contribution in [0.1, 0.15) is 39.7 Å². The third-order valence-electron chi connectivity index (χ3n) is 5.33. The molecule has 0 aliphatic carbocycles. The van der Waals surface area contributed by atoms with Gasteiger partial charge in [-0.05, 0) is 18.6 Å². The lowest BCUT2D eigenvalue weighted by Crippen LogP contribution is -2.73. The highest BCUT2D eigenvalue weighted by atomic mass is 17.3. The molecule has 0 aromatic heterocycles. The number of methoxy groups -OCH3 is 1. The van der Waals surface area contributed by atoms with Crippen LogP contribution in [0.3, 0.4) is 0 Å². The van der Waals surface area contributed by atoms with Gasteiger partial charge in [-0.25, -0.2) is 4.89 Å². The fourth-order valence-corrected chi connectivity index (χ4v) is 4.33. The first-order valence-corrected chi connectivity index (χ1v) is 8.02. The second-order valence-corrected chi connectivity index (χ2v) is 7.86. The highest BCUT2D eigenvalue weighted by molar-refractivity contribution is 5.37. The molecule has 1 aromatic carbocycles. The van der Waals surface area contributed by atoms with Gasteiger partial charge in [-0.2, -0.15) is 4.89 Å². The van der Waals surface area contributed by atoms with Crippen molar-refractivity contribution in [3.63, 3.8) is 0 Å². The summed E-state index contributed by atoms with van der Waals surface area (Å²) >= 11 is 0. The number of fused-ring (bicyclic) bond motifs is 1. The Bertz CT molecular complexity index is 595. The molecule has 0 spiro atoms. The molecule has 128 valence electrons. The first-order chi connectivity index (χ1) is 10.7. The quantitative estimate of drug-likeness (QED) is 0.861. The normalized spacial score (nSPS) is 36.6. The molecule has 0 bridgehead atoms. The average Bonchev–Trinajstić information content (AvgIpc) is 2.61. The molecule has 2 fully saturated rings. The Morgan fingerprint density at radius 1 is 1.26 bits per heavy atom. The second kappa shape index (κ2) is 5.18. The van der Waals surface area contributed by atoms with Crippen LogP contribution in [0.5, 0.6) is 5.75 Å². The van der Waals surface area contributed by atoms with E-state index in [1.165, 1.54) is 0 Å². The second-order valence-electron chi connectivity index (χ2n) is 7.86. The minimum atomic E-state index is -1.01. The molecule has 0 saturated carbocycles. The van der Waals surface area contributed by atoms with Gasteiger partial charge in [-0.15, -0.1) is 0 Å². The molecule has 2 aliphatic heterocycles. The minimum absolute atomic E-state index is 0.185. The molecular weight excluding hydrogens is 296 g/mol. The minimum Gasteiger partial charge on any atom is -0.508 e. The topological polar surface area (TPSA) is 57.2 Å². The molecule has 1 aromatic rings. The van der Waals surface area contributed by atoms with Gasteiger partial charge in [0, 0.05) is 30.1 Å². The van der Waals surface area contributed by atoms with E-state index in [2.05, 4.69) is 27.7 Å². The van der Waals surface area contributed by atoms with Crippen molar-refractivity contribution in [2.45, 2.75) is 45.5 Å². The van der Waals surface area contributed by atoms with Gasteiger partial charge in [0.2, 0.25) is 0 Å². The van der Waals surface area contributed by atoms with Gasteiger partial charge in [0.15, 0.2) is 5.60 Å². The van der Waals surface area contributed by atoms with Crippen LogP contribution in [0.25, 0.3) is 0 Å². The SMILES string of the molecule is COCC[C@]1(C)CO[C@@]2(c3cccc(O)c3)OO[C@@]12C(C)(C)C. The predicted octanol–water partition coefficient (Wildman–Crippen LogP) is 3.36. The third-order valence-corrected chi connectivity index (χ3v) is 5.33. The Morgan fingerprint density at radius 3 is 2.52 bits per heavy atom. The monoisotopic (exact) mass is 322 g/mol. The van der Waals surface area contributed by atoms with Gasteiger partial charge in [0.05, 0.1) is 6.61 Å². The molecule has 0 unspecified atom stereocenters. The first-order valence-electron chi connectivity index (χ1n) is 8.02. The van der Waals surface area contributed by atoms with Crippen molar-refractivity contribution in [3.8, 4) is 5.75 Å². The van der Waals surface area contributed by atoms with E-state index >= 15 is 0 Å². The standard InChI is InChI=1S/C18H26O5/c1-15(2,3)18-16(4,9-10-20-5)12-21-17(18,22-23-18)13-7-6-8-14(19)11-13/h6-8,11,19H,9-10,12H2,1-5H3/t16-,17+,18+/m1/s1. The van der Waals surface area contributed by atoms with Crippen molar-refractivity contribution < 1.29 is 24.4 Å². The third kappa shape index (κ3) is 2.00. The average molecular weight is 322 g/mol. The van der Waals surface area contributed by atoms with E-state index in [1.54, 1.807) is 25.3 Å². The van der Waals surface area contributed by atoms with Crippen LogP contribution in [0.4, 0.5) is 0 Å². The summed E-state index contributed by atoms with van der Waals surface area (Å²) < 4.78 is 11.5. The molecule has 3 atom stereocenters. The molecule has 3 rings (SSSR count). The number of aromatic hydroxyl groups is 1. The maximum Gasteiger partial charge on any atom is 0.261 e. The summed E-state index contributed by atoms with van der Waals surface area (Å²) in [5.41, 5.74) is -0.403. The summed E-state index contributed by atoms with van der Waals surface area (Å²) in [5.74, 6) is -0.823. The Morgan fingerprint density at radius 2 is 2.00 bits per heavy atom. The highest BCUT2D eigenvalue weighted by Gasteiger charge is 2.82. The molecule has 0 radical (unpaired) electrons. The lowest BCUT2D eigenvalue weighted by molar-refractivity contribution is -0.627. The zero-order valence-corrected chi connectivity index (χ0v) is 14.5. The molecule has 5 nitrogen and oxygen atoms in total. The Hall–Kier alpha value is -1.14. The van der Waals surface area contributed by atoms with Crippen LogP contribution in [0.15, 0.2) is 24.3 Å². The lowest BCUT2D eigenvalue weighted by atomic mass is 9.56. The zero-order chi connectivity index (χ0) is 16.9. The van der Waals surface area contributed by atoms with Gasteiger partial charge in [0.25, 0.3) is 5.79 Å².